The van der Waals surface area contributed by atoms with Gasteiger partial charge < -0.3 is 0 Å². The molecule has 2 rings (SSSR count). The second-order valence-electron chi connectivity index (χ2n) is 4.05. The Morgan fingerprint density at radius 2 is 2.07 bits per heavy atom. The van der Waals surface area contributed by atoms with Crippen LogP contribution in [0.15, 0.2) is 24.3 Å². The lowest BCUT2D eigenvalue weighted by Crippen LogP contribution is -2.10. The zero-order valence-electron chi connectivity index (χ0n) is 8.15. The maximum Gasteiger partial charge on any atom is 0.276 e. The molecule has 72 valence electrons. The van der Waals surface area contributed by atoms with Crippen molar-refractivity contribution in [3.05, 3.63) is 45.5 Å². The van der Waals surface area contributed by atoms with E-state index in [4.69, 9.17) is 0 Å². The van der Waals surface area contributed by atoms with Crippen molar-refractivity contribution in [1.29, 1.82) is 0 Å². The van der Waals surface area contributed by atoms with E-state index < -0.39 is 0 Å². The first-order valence-corrected chi connectivity index (χ1v) is 4.49. The van der Waals surface area contributed by atoms with Crippen LogP contribution < -0.4 is 0 Å². The molecular weight excluding hydrogens is 178 g/mol. The first-order valence-electron chi connectivity index (χ1n) is 4.49. The fourth-order valence-electron chi connectivity index (χ4n) is 1.83. The van der Waals surface area contributed by atoms with E-state index in [0.717, 1.165) is 11.1 Å². The second kappa shape index (κ2) is 2.67. The summed E-state index contributed by atoms with van der Waals surface area (Å²) in [6.07, 6.45) is 3.85. The van der Waals surface area contributed by atoms with Gasteiger partial charge in [-0.15, -0.1) is 0 Å². The lowest BCUT2D eigenvalue weighted by atomic mass is 9.87. The molecule has 0 atom stereocenters. The molecule has 0 saturated heterocycles. The molecule has 0 aromatic heterocycles. The molecule has 0 unspecified atom stereocenters. The van der Waals surface area contributed by atoms with Gasteiger partial charge >= 0.3 is 0 Å². The molecule has 1 aromatic rings. The Morgan fingerprint density at radius 1 is 1.36 bits per heavy atom. The van der Waals surface area contributed by atoms with Gasteiger partial charge in [0.05, 0.1) is 10.5 Å². The van der Waals surface area contributed by atoms with Gasteiger partial charge in [-0.1, -0.05) is 38.1 Å². The van der Waals surface area contributed by atoms with Crippen molar-refractivity contribution in [3.63, 3.8) is 0 Å². The van der Waals surface area contributed by atoms with E-state index in [9.17, 15) is 10.1 Å². The quantitative estimate of drug-likeness (QED) is 0.503. The number of hydrogen-bond donors (Lipinski definition) is 0. The predicted molar refractivity (Wildman–Crippen MR) is 55.2 cm³/mol. The molecule has 0 bridgehead atoms. The van der Waals surface area contributed by atoms with Crippen molar-refractivity contribution in [2.24, 2.45) is 0 Å². The van der Waals surface area contributed by atoms with Crippen molar-refractivity contribution in [3.8, 4) is 0 Å². The number of rotatable bonds is 1. The summed E-state index contributed by atoms with van der Waals surface area (Å²) < 4.78 is 0. The van der Waals surface area contributed by atoms with Crippen LogP contribution >= 0.6 is 0 Å². The fraction of sp³-hybridized carbons (Fsp3) is 0.273. The molecule has 0 radical (unpaired) electrons. The SMILES string of the molecule is CC1(C)C=Cc2c([N+](=O)[O-])cccc21. The lowest BCUT2D eigenvalue weighted by Gasteiger charge is -2.16. The van der Waals surface area contributed by atoms with Crippen LogP contribution in [0.3, 0.4) is 0 Å². The van der Waals surface area contributed by atoms with Gasteiger partial charge in [-0.05, 0) is 5.56 Å². The number of fused-ring (bicyclic) bond motifs is 1. The van der Waals surface area contributed by atoms with Crippen LogP contribution in [0.2, 0.25) is 0 Å². The maximum absolute atomic E-state index is 10.7. The van der Waals surface area contributed by atoms with Crippen LogP contribution in [0.1, 0.15) is 25.0 Å². The first kappa shape index (κ1) is 8.94. The Labute approximate surface area is 82.2 Å². The molecule has 0 N–H and O–H groups in total. The van der Waals surface area contributed by atoms with Crippen LogP contribution in [0.4, 0.5) is 5.69 Å². The summed E-state index contributed by atoms with van der Waals surface area (Å²) in [6.45, 7) is 4.11. The average Bonchev–Trinajstić information content (AvgIpc) is 2.42. The minimum Gasteiger partial charge on any atom is -0.258 e. The van der Waals surface area contributed by atoms with Gasteiger partial charge in [0.1, 0.15) is 0 Å². The van der Waals surface area contributed by atoms with E-state index in [-0.39, 0.29) is 16.0 Å². The number of allylic oxidation sites excluding steroid dienone is 1. The van der Waals surface area contributed by atoms with Crippen molar-refractivity contribution in [2.45, 2.75) is 19.3 Å². The second-order valence-corrected chi connectivity index (χ2v) is 4.05. The lowest BCUT2D eigenvalue weighted by molar-refractivity contribution is -0.385. The van der Waals surface area contributed by atoms with Crippen molar-refractivity contribution >= 4 is 11.8 Å². The highest BCUT2D eigenvalue weighted by Gasteiger charge is 2.29. The van der Waals surface area contributed by atoms with E-state index in [1.54, 1.807) is 12.1 Å². The molecule has 1 aliphatic rings. The van der Waals surface area contributed by atoms with Gasteiger partial charge in [0.15, 0.2) is 0 Å². The molecule has 1 aromatic carbocycles. The standard InChI is InChI=1S/C11H11NO2/c1-11(2)7-6-8-9(11)4-3-5-10(8)12(13)14/h3-7H,1-2H3. The monoisotopic (exact) mass is 189 g/mol. The van der Waals surface area contributed by atoms with Crippen LogP contribution in [0.5, 0.6) is 0 Å². The number of hydrogen-bond acceptors (Lipinski definition) is 2. The third kappa shape index (κ3) is 1.13. The van der Waals surface area contributed by atoms with Gasteiger partial charge in [0.2, 0.25) is 0 Å². The van der Waals surface area contributed by atoms with Crippen molar-refractivity contribution in [2.75, 3.05) is 0 Å². The molecule has 0 heterocycles. The number of nitro groups is 1. The highest BCUT2D eigenvalue weighted by atomic mass is 16.6. The van der Waals surface area contributed by atoms with Crippen LogP contribution in [-0.2, 0) is 5.41 Å². The fourth-order valence-corrected chi connectivity index (χ4v) is 1.83. The molecule has 14 heavy (non-hydrogen) atoms. The Balaban J connectivity index is 2.67. The minimum atomic E-state index is -0.329. The summed E-state index contributed by atoms with van der Waals surface area (Å²) >= 11 is 0. The normalized spacial score (nSPS) is 16.7. The highest BCUT2D eigenvalue weighted by molar-refractivity contribution is 5.72. The molecule has 0 fully saturated rings. The zero-order valence-corrected chi connectivity index (χ0v) is 8.15. The Kier molecular flexibility index (Phi) is 1.71. The van der Waals surface area contributed by atoms with E-state index in [1.807, 2.05) is 18.2 Å². The predicted octanol–water partition coefficient (Wildman–Crippen LogP) is 2.90. The van der Waals surface area contributed by atoms with Gasteiger partial charge in [-0.25, -0.2) is 0 Å². The smallest absolute Gasteiger partial charge is 0.258 e. The Hall–Kier alpha value is -1.64. The van der Waals surface area contributed by atoms with Crippen LogP contribution in [-0.4, -0.2) is 4.92 Å². The Bertz CT molecular complexity index is 433. The van der Waals surface area contributed by atoms with Crippen molar-refractivity contribution in [1.82, 2.24) is 0 Å². The summed E-state index contributed by atoms with van der Waals surface area (Å²) in [4.78, 5) is 10.4. The van der Waals surface area contributed by atoms with E-state index in [2.05, 4.69) is 13.8 Å². The molecule has 0 amide bonds. The molecule has 1 aliphatic carbocycles. The van der Waals surface area contributed by atoms with E-state index in [1.165, 1.54) is 0 Å². The van der Waals surface area contributed by atoms with Gasteiger partial charge in [0, 0.05) is 11.5 Å². The number of benzene rings is 1. The summed E-state index contributed by atoms with van der Waals surface area (Å²) in [6, 6.07) is 5.23. The maximum atomic E-state index is 10.7. The molecule has 0 aliphatic heterocycles. The molecular formula is C11H11NO2. The van der Waals surface area contributed by atoms with E-state index >= 15 is 0 Å². The minimum absolute atomic E-state index is 0.0820. The topological polar surface area (TPSA) is 43.1 Å². The summed E-state index contributed by atoms with van der Waals surface area (Å²) in [7, 11) is 0. The Morgan fingerprint density at radius 3 is 2.71 bits per heavy atom. The summed E-state index contributed by atoms with van der Waals surface area (Å²) in [5.74, 6) is 0. The van der Waals surface area contributed by atoms with Crippen LogP contribution in [0, 0.1) is 10.1 Å². The van der Waals surface area contributed by atoms with E-state index in [0.29, 0.717) is 0 Å². The highest BCUT2D eigenvalue weighted by Crippen LogP contribution is 2.39. The summed E-state index contributed by atoms with van der Waals surface area (Å²) in [5.41, 5.74) is 1.90. The largest absolute Gasteiger partial charge is 0.276 e. The molecule has 3 heteroatoms. The molecule has 0 spiro atoms. The average molecular weight is 189 g/mol. The third-order valence-corrected chi connectivity index (χ3v) is 2.64. The van der Waals surface area contributed by atoms with Gasteiger partial charge in [-0.2, -0.15) is 0 Å². The van der Waals surface area contributed by atoms with Gasteiger partial charge in [0.25, 0.3) is 5.69 Å². The number of nitrogens with zero attached hydrogens (tertiary/aromatic N) is 1. The summed E-state index contributed by atoms with van der Waals surface area (Å²) in [5, 5.41) is 10.7. The van der Waals surface area contributed by atoms with Gasteiger partial charge in [-0.3, -0.25) is 10.1 Å². The molecule has 3 nitrogen and oxygen atoms in total. The number of nitro benzene ring substituents is 1. The first-order chi connectivity index (χ1) is 6.52. The van der Waals surface area contributed by atoms with Crippen molar-refractivity contribution < 1.29 is 4.92 Å². The zero-order chi connectivity index (χ0) is 10.3. The molecule has 0 saturated carbocycles. The third-order valence-electron chi connectivity index (χ3n) is 2.64. The van der Waals surface area contributed by atoms with Crippen LogP contribution in [0.25, 0.3) is 6.08 Å².